The number of rotatable bonds is 2. The molecule has 8 heteroatoms. The normalized spacial score (nSPS) is 16.1. The zero-order valence-corrected chi connectivity index (χ0v) is 10.7. The second-order valence-electron chi connectivity index (χ2n) is 3.83. The largest absolute Gasteiger partial charge is 0.465 e. The van der Waals surface area contributed by atoms with Gasteiger partial charge in [0.05, 0.1) is 7.11 Å². The summed E-state index contributed by atoms with van der Waals surface area (Å²) >= 11 is 1.15. The first-order valence-electron chi connectivity index (χ1n) is 5.48. The third kappa shape index (κ3) is 2.37. The maximum atomic E-state index is 11.7. The predicted molar refractivity (Wildman–Crippen MR) is 67.7 cm³/mol. The summed E-state index contributed by atoms with van der Waals surface area (Å²) in [4.78, 5) is 24.9. The SMILES string of the molecule is COC(=O)c1c(N)nsc1N1CCNC(=O)CC1. The van der Waals surface area contributed by atoms with Crippen LogP contribution >= 0.6 is 11.5 Å². The van der Waals surface area contributed by atoms with E-state index in [1.165, 1.54) is 7.11 Å². The Hall–Kier alpha value is -1.83. The molecule has 1 aliphatic heterocycles. The van der Waals surface area contributed by atoms with Gasteiger partial charge in [-0.3, -0.25) is 4.79 Å². The average molecular weight is 270 g/mol. The highest BCUT2D eigenvalue weighted by atomic mass is 32.1. The summed E-state index contributed by atoms with van der Waals surface area (Å²) in [6.07, 6.45) is 0.387. The van der Waals surface area contributed by atoms with Gasteiger partial charge >= 0.3 is 5.97 Å². The fourth-order valence-electron chi connectivity index (χ4n) is 1.77. The van der Waals surface area contributed by atoms with Crippen LogP contribution in [0, 0.1) is 0 Å². The van der Waals surface area contributed by atoms with Gasteiger partial charge in [0.15, 0.2) is 5.82 Å². The van der Waals surface area contributed by atoms with E-state index in [-0.39, 0.29) is 17.3 Å². The van der Waals surface area contributed by atoms with Crippen molar-refractivity contribution in [2.45, 2.75) is 6.42 Å². The molecule has 0 saturated carbocycles. The van der Waals surface area contributed by atoms with Crippen LogP contribution in [0.3, 0.4) is 0 Å². The number of nitrogen functional groups attached to an aromatic ring is 1. The zero-order chi connectivity index (χ0) is 13.1. The maximum Gasteiger partial charge on any atom is 0.344 e. The van der Waals surface area contributed by atoms with Crippen molar-refractivity contribution >= 4 is 34.2 Å². The number of aromatic nitrogens is 1. The van der Waals surface area contributed by atoms with Crippen LogP contribution in [0.5, 0.6) is 0 Å². The van der Waals surface area contributed by atoms with E-state index in [9.17, 15) is 9.59 Å². The Balaban J connectivity index is 2.27. The Kier molecular flexibility index (Phi) is 3.66. The number of methoxy groups -OCH3 is 1. The molecule has 1 aromatic heterocycles. The minimum Gasteiger partial charge on any atom is -0.465 e. The van der Waals surface area contributed by atoms with Gasteiger partial charge in [0.25, 0.3) is 0 Å². The molecule has 3 N–H and O–H groups in total. The number of hydrogen-bond acceptors (Lipinski definition) is 7. The first-order valence-corrected chi connectivity index (χ1v) is 6.26. The number of amides is 1. The van der Waals surface area contributed by atoms with E-state index in [1.54, 1.807) is 0 Å². The maximum absolute atomic E-state index is 11.7. The van der Waals surface area contributed by atoms with Crippen LogP contribution in [-0.2, 0) is 9.53 Å². The van der Waals surface area contributed by atoms with Crippen LogP contribution in [0.4, 0.5) is 10.8 Å². The average Bonchev–Trinajstić information content (AvgIpc) is 2.60. The molecule has 0 bridgehead atoms. The van der Waals surface area contributed by atoms with Crippen molar-refractivity contribution in [3.8, 4) is 0 Å². The van der Waals surface area contributed by atoms with Crippen LogP contribution < -0.4 is 16.0 Å². The van der Waals surface area contributed by atoms with Gasteiger partial charge in [-0.1, -0.05) is 0 Å². The number of esters is 1. The Morgan fingerprint density at radius 3 is 3.06 bits per heavy atom. The molecule has 1 aliphatic rings. The standard InChI is InChI=1S/C10H14N4O3S/c1-17-10(16)7-8(11)13-18-9(7)14-4-2-6(15)12-3-5-14/h2-5H2,1H3,(H2,11,13)(H,12,15). The minimum atomic E-state index is -0.500. The van der Waals surface area contributed by atoms with Crippen LogP contribution in [0.1, 0.15) is 16.8 Å². The lowest BCUT2D eigenvalue weighted by Crippen LogP contribution is -2.29. The molecule has 2 heterocycles. The zero-order valence-electron chi connectivity index (χ0n) is 9.93. The molecule has 0 aromatic carbocycles. The van der Waals surface area contributed by atoms with E-state index >= 15 is 0 Å². The van der Waals surface area contributed by atoms with Gasteiger partial charge in [0, 0.05) is 26.1 Å². The Morgan fingerprint density at radius 1 is 1.56 bits per heavy atom. The second kappa shape index (κ2) is 5.21. The molecule has 0 aliphatic carbocycles. The van der Waals surface area contributed by atoms with Crippen LogP contribution in [-0.4, -0.2) is 43.0 Å². The van der Waals surface area contributed by atoms with Gasteiger partial charge in [-0.2, -0.15) is 4.37 Å². The first-order chi connectivity index (χ1) is 8.63. The van der Waals surface area contributed by atoms with Crippen molar-refractivity contribution in [1.29, 1.82) is 0 Å². The molecule has 2 rings (SSSR count). The molecule has 0 atom stereocenters. The van der Waals surface area contributed by atoms with E-state index in [1.807, 2.05) is 4.90 Å². The molecule has 1 saturated heterocycles. The summed E-state index contributed by atoms with van der Waals surface area (Å²) in [5.74, 6) is -0.320. The molecule has 1 fully saturated rings. The van der Waals surface area contributed by atoms with Gasteiger partial charge < -0.3 is 20.7 Å². The van der Waals surface area contributed by atoms with Crippen molar-refractivity contribution < 1.29 is 14.3 Å². The van der Waals surface area contributed by atoms with E-state index < -0.39 is 5.97 Å². The number of ether oxygens (including phenoxy) is 1. The van der Waals surface area contributed by atoms with Crippen molar-refractivity contribution in [1.82, 2.24) is 9.69 Å². The minimum absolute atomic E-state index is 0.00889. The number of carbonyl (C=O) groups is 2. The topological polar surface area (TPSA) is 97.6 Å². The monoisotopic (exact) mass is 270 g/mol. The summed E-state index contributed by atoms with van der Waals surface area (Å²) < 4.78 is 8.68. The number of anilines is 2. The van der Waals surface area contributed by atoms with Crippen LogP contribution in [0.25, 0.3) is 0 Å². The molecule has 18 heavy (non-hydrogen) atoms. The number of carbonyl (C=O) groups excluding carboxylic acids is 2. The smallest absolute Gasteiger partial charge is 0.344 e. The number of nitrogens with two attached hydrogens (primary N) is 1. The molecule has 98 valence electrons. The summed E-state index contributed by atoms with van der Waals surface area (Å²) in [6.45, 7) is 1.70. The van der Waals surface area contributed by atoms with Gasteiger partial charge in [-0.25, -0.2) is 4.79 Å². The molecule has 0 spiro atoms. The van der Waals surface area contributed by atoms with E-state index in [2.05, 4.69) is 9.69 Å². The Bertz CT molecular complexity index is 474. The molecule has 1 aromatic rings. The predicted octanol–water partition coefficient (Wildman–Crippen LogP) is -0.162. The van der Waals surface area contributed by atoms with Gasteiger partial charge in [0.2, 0.25) is 5.91 Å². The number of nitrogens with one attached hydrogen (secondary N) is 1. The number of hydrogen-bond donors (Lipinski definition) is 2. The van der Waals surface area contributed by atoms with Gasteiger partial charge in [0.1, 0.15) is 10.6 Å². The van der Waals surface area contributed by atoms with Crippen molar-refractivity contribution in [3.05, 3.63) is 5.56 Å². The third-order valence-corrected chi connectivity index (χ3v) is 3.61. The number of nitrogens with zero attached hydrogens (tertiary/aromatic N) is 2. The lowest BCUT2D eigenvalue weighted by atomic mass is 10.3. The van der Waals surface area contributed by atoms with E-state index in [4.69, 9.17) is 10.5 Å². The lowest BCUT2D eigenvalue weighted by Gasteiger charge is -2.20. The summed E-state index contributed by atoms with van der Waals surface area (Å²) in [5, 5.41) is 3.43. The summed E-state index contributed by atoms with van der Waals surface area (Å²) in [6, 6.07) is 0. The molecule has 0 unspecified atom stereocenters. The summed E-state index contributed by atoms with van der Waals surface area (Å²) in [7, 11) is 1.30. The van der Waals surface area contributed by atoms with Crippen molar-refractivity contribution in [2.75, 3.05) is 37.4 Å². The van der Waals surface area contributed by atoms with E-state index in [0.29, 0.717) is 31.1 Å². The third-order valence-electron chi connectivity index (χ3n) is 2.69. The highest BCUT2D eigenvalue weighted by Gasteiger charge is 2.25. The molecular formula is C10H14N4O3S. The fraction of sp³-hybridized carbons (Fsp3) is 0.500. The first kappa shape index (κ1) is 12.6. The second-order valence-corrected chi connectivity index (χ2v) is 4.58. The lowest BCUT2D eigenvalue weighted by molar-refractivity contribution is -0.120. The van der Waals surface area contributed by atoms with Crippen molar-refractivity contribution in [2.24, 2.45) is 0 Å². The van der Waals surface area contributed by atoms with Crippen LogP contribution in [0.2, 0.25) is 0 Å². The highest BCUT2D eigenvalue weighted by molar-refractivity contribution is 7.11. The Morgan fingerprint density at radius 2 is 2.33 bits per heavy atom. The van der Waals surface area contributed by atoms with Gasteiger partial charge in [-0.15, -0.1) is 0 Å². The fourth-order valence-corrected chi connectivity index (χ4v) is 2.63. The van der Waals surface area contributed by atoms with Gasteiger partial charge in [-0.05, 0) is 11.5 Å². The van der Waals surface area contributed by atoms with E-state index in [0.717, 1.165) is 11.5 Å². The van der Waals surface area contributed by atoms with Crippen molar-refractivity contribution in [3.63, 3.8) is 0 Å². The summed E-state index contributed by atoms with van der Waals surface area (Å²) in [5.41, 5.74) is 5.97. The molecule has 7 nitrogen and oxygen atoms in total. The Labute approximate surface area is 108 Å². The quantitative estimate of drug-likeness (QED) is 0.725. The molecule has 0 radical (unpaired) electrons. The highest BCUT2D eigenvalue weighted by Crippen LogP contribution is 2.31. The van der Waals surface area contributed by atoms with Crippen LogP contribution in [0.15, 0.2) is 0 Å². The molecular weight excluding hydrogens is 256 g/mol. The molecule has 1 amide bonds.